The van der Waals surface area contributed by atoms with E-state index in [-0.39, 0.29) is 12.3 Å². The molecule has 2 aromatic rings. The van der Waals surface area contributed by atoms with Gasteiger partial charge in [0.05, 0.1) is 6.54 Å². The molecule has 0 saturated heterocycles. The SMILES string of the molecule is NCC(=O)c1ccc(-c2cccnc2)cc1. The van der Waals surface area contributed by atoms with Crippen LogP contribution in [0.25, 0.3) is 11.1 Å². The highest BCUT2D eigenvalue weighted by molar-refractivity contribution is 5.97. The van der Waals surface area contributed by atoms with Gasteiger partial charge in [-0.3, -0.25) is 9.78 Å². The van der Waals surface area contributed by atoms with Crippen LogP contribution in [0.5, 0.6) is 0 Å². The van der Waals surface area contributed by atoms with Crippen LogP contribution < -0.4 is 5.73 Å². The third kappa shape index (κ3) is 2.15. The number of nitrogens with two attached hydrogens (primary N) is 1. The van der Waals surface area contributed by atoms with E-state index in [4.69, 9.17) is 5.73 Å². The number of carbonyl (C=O) groups is 1. The second-order valence-electron chi connectivity index (χ2n) is 3.45. The van der Waals surface area contributed by atoms with E-state index >= 15 is 0 Å². The van der Waals surface area contributed by atoms with Crippen LogP contribution in [0.15, 0.2) is 48.8 Å². The van der Waals surface area contributed by atoms with Crippen LogP contribution in [-0.4, -0.2) is 17.3 Å². The molecule has 0 amide bonds. The number of ketones is 1. The predicted octanol–water partition coefficient (Wildman–Crippen LogP) is 1.89. The largest absolute Gasteiger partial charge is 0.324 e. The Bertz CT molecular complexity index is 477. The van der Waals surface area contributed by atoms with Gasteiger partial charge in [-0.05, 0) is 17.2 Å². The summed E-state index contributed by atoms with van der Waals surface area (Å²) in [6, 6.07) is 11.2. The normalized spacial score (nSPS) is 10.1. The van der Waals surface area contributed by atoms with Crippen LogP contribution in [0, 0.1) is 0 Å². The molecule has 1 aromatic heterocycles. The minimum absolute atomic E-state index is 0.0438. The number of hydrogen-bond acceptors (Lipinski definition) is 3. The monoisotopic (exact) mass is 212 g/mol. The van der Waals surface area contributed by atoms with Crippen LogP contribution in [0.3, 0.4) is 0 Å². The number of nitrogens with zero attached hydrogens (tertiary/aromatic N) is 1. The average Bonchev–Trinajstić information content (AvgIpc) is 2.39. The van der Waals surface area contributed by atoms with Crippen LogP contribution in [0.2, 0.25) is 0 Å². The molecule has 2 rings (SSSR count). The molecule has 0 spiro atoms. The molecule has 0 bridgehead atoms. The van der Waals surface area contributed by atoms with Gasteiger partial charge in [-0.1, -0.05) is 30.3 Å². The van der Waals surface area contributed by atoms with Gasteiger partial charge in [0, 0.05) is 18.0 Å². The lowest BCUT2D eigenvalue weighted by molar-refractivity contribution is 0.100. The summed E-state index contributed by atoms with van der Waals surface area (Å²) < 4.78 is 0. The van der Waals surface area contributed by atoms with Gasteiger partial charge >= 0.3 is 0 Å². The van der Waals surface area contributed by atoms with Gasteiger partial charge in [-0.25, -0.2) is 0 Å². The van der Waals surface area contributed by atoms with E-state index in [1.807, 2.05) is 24.3 Å². The third-order valence-corrected chi connectivity index (χ3v) is 2.39. The lowest BCUT2D eigenvalue weighted by Gasteiger charge is -2.02. The van der Waals surface area contributed by atoms with Crippen molar-refractivity contribution in [2.45, 2.75) is 0 Å². The van der Waals surface area contributed by atoms with Gasteiger partial charge < -0.3 is 5.73 Å². The van der Waals surface area contributed by atoms with Crippen molar-refractivity contribution in [3.05, 3.63) is 54.4 Å². The summed E-state index contributed by atoms with van der Waals surface area (Å²) in [5.74, 6) is -0.0438. The number of carbonyl (C=O) groups excluding carboxylic acids is 1. The number of aromatic nitrogens is 1. The summed E-state index contributed by atoms with van der Waals surface area (Å²) >= 11 is 0. The highest BCUT2D eigenvalue weighted by atomic mass is 16.1. The number of rotatable bonds is 3. The van der Waals surface area contributed by atoms with Crippen molar-refractivity contribution in [3.8, 4) is 11.1 Å². The Hall–Kier alpha value is -2.00. The highest BCUT2D eigenvalue weighted by Gasteiger charge is 2.03. The summed E-state index contributed by atoms with van der Waals surface area (Å²) in [4.78, 5) is 15.4. The Labute approximate surface area is 93.9 Å². The molecule has 3 nitrogen and oxygen atoms in total. The van der Waals surface area contributed by atoms with E-state index in [9.17, 15) is 4.79 Å². The van der Waals surface area contributed by atoms with E-state index in [2.05, 4.69) is 4.98 Å². The van der Waals surface area contributed by atoms with Gasteiger partial charge in [0.25, 0.3) is 0 Å². The van der Waals surface area contributed by atoms with Crippen molar-refractivity contribution in [1.82, 2.24) is 4.98 Å². The summed E-state index contributed by atoms with van der Waals surface area (Å²) in [6.45, 7) is 0.0479. The number of pyridine rings is 1. The lowest BCUT2D eigenvalue weighted by atomic mass is 10.0. The molecule has 0 radical (unpaired) electrons. The fraction of sp³-hybridized carbons (Fsp3) is 0.0769. The Kier molecular flexibility index (Phi) is 3.08. The molecule has 16 heavy (non-hydrogen) atoms. The second-order valence-corrected chi connectivity index (χ2v) is 3.45. The van der Waals surface area contributed by atoms with Crippen molar-refractivity contribution in [1.29, 1.82) is 0 Å². The second kappa shape index (κ2) is 4.68. The summed E-state index contributed by atoms with van der Waals surface area (Å²) in [6.07, 6.45) is 3.52. The van der Waals surface area contributed by atoms with E-state index in [1.165, 1.54) is 0 Å². The summed E-state index contributed by atoms with van der Waals surface area (Å²) in [7, 11) is 0. The van der Waals surface area contributed by atoms with Gasteiger partial charge in [0.15, 0.2) is 5.78 Å². The highest BCUT2D eigenvalue weighted by Crippen LogP contribution is 2.18. The van der Waals surface area contributed by atoms with E-state index in [0.29, 0.717) is 5.56 Å². The van der Waals surface area contributed by atoms with Crippen LogP contribution >= 0.6 is 0 Å². The van der Waals surface area contributed by atoms with Crippen molar-refractivity contribution in [2.75, 3.05) is 6.54 Å². The Morgan fingerprint density at radius 3 is 2.44 bits per heavy atom. The Balaban J connectivity index is 2.30. The molecule has 0 aliphatic carbocycles. The molecule has 0 aliphatic heterocycles. The molecule has 0 atom stereocenters. The standard InChI is InChI=1S/C13H12N2O/c14-8-13(16)11-5-3-10(4-6-11)12-2-1-7-15-9-12/h1-7,9H,8,14H2. The predicted molar refractivity (Wildman–Crippen MR) is 63.1 cm³/mol. The van der Waals surface area contributed by atoms with Crippen LogP contribution in [-0.2, 0) is 0 Å². The maximum Gasteiger partial charge on any atom is 0.176 e. The molecule has 0 unspecified atom stereocenters. The molecule has 1 aromatic carbocycles. The maximum atomic E-state index is 11.3. The minimum atomic E-state index is -0.0438. The Morgan fingerprint density at radius 2 is 1.88 bits per heavy atom. The van der Waals surface area contributed by atoms with Crippen LogP contribution in [0.1, 0.15) is 10.4 Å². The van der Waals surface area contributed by atoms with Gasteiger partial charge in [0.2, 0.25) is 0 Å². The molecule has 0 aliphatic rings. The summed E-state index contributed by atoms with van der Waals surface area (Å²) in [5.41, 5.74) is 8.02. The number of hydrogen-bond donors (Lipinski definition) is 1. The first-order valence-corrected chi connectivity index (χ1v) is 5.05. The van der Waals surface area contributed by atoms with Crippen molar-refractivity contribution < 1.29 is 4.79 Å². The lowest BCUT2D eigenvalue weighted by Crippen LogP contribution is -2.13. The zero-order valence-electron chi connectivity index (χ0n) is 8.76. The topological polar surface area (TPSA) is 56.0 Å². The zero-order valence-corrected chi connectivity index (χ0v) is 8.76. The fourth-order valence-corrected chi connectivity index (χ4v) is 1.50. The first-order valence-electron chi connectivity index (χ1n) is 5.05. The molecule has 80 valence electrons. The zero-order chi connectivity index (χ0) is 11.4. The smallest absolute Gasteiger partial charge is 0.176 e. The number of benzene rings is 1. The van der Waals surface area contributed by atoms with Crippen LogP contribution in [0.4, 0.5) is 0 Å². The first-order chi connectivity index (χ1) is 7.81. The summed E-state index contributed by atoms with van der Waals surface area (Å²) in [5, 5.41) is 0. The minimum Gasteiger partial charge on any atom is -0.324 e. The molecule has 0 saturated carbocycles. The molecule has 1 heterocycles. The van der Waals surface area contributed by atoms with E-state index in [0.717, 1.165) is 11.1 Å². The van der Waals surface area contributed by atoms with Gasteiger partial charge in [0.1, 0.15) is 0 Å². The van der Waals surface area contributed by atoms with E-state index < -0.39 is 0 Å². The molecule has 0 fully saturated rings. The van der Waals surface area contributed by atoms with Crippen molar-refractivity contribution in [2.24, 2.45) is 5.73 Å². The van der Waals surface area contributed by atoms with Crippen molar-refractivity contribution >= 4 is 5.78 Å². The molecule has 3 heteroatoms. The van der Waals surface area contributed by atoms with Crippen molar-refractivity contribution in [3.63, 3.8) is 0 Å². The maximum absolute atomic E-state index is 11.3. The first kappa shape index (κ1) is 10.5. The number of Topliss-reactive ketones (excluding diaryl/α,β-unsaturated/α-hetero) is 1. The fourth-order valence-electron chi connectivity index (χ4n) is 1.50. The third-order valence-electron chi connectivity index (χ3n) is 2.39. The van der Waals surface area contributed by atoms with Gasteiger partial charge in [-0.2, -0.15) is 0 Å². The average molecular weight is 212 g/mol. The molecule has 2 N–H and O–H groups in total. The quantitative estimate of drug-likeness (QED) is 0.790. The Morgan fingerprint density at radius 1 is 1.12 bits per heavy atom. The van der Waals surface area contributed by atoms with E-state index in [1.54, 1.807) is 24.5 Å². The molecular weight excluding hydrogens is 200 g/mol. The molecular formula is C13H12N2O. The van der Waals surface area contributed by atoms with Gasteiger partial charge in [-0.15, -0.1) is 0 Å².